The molecule has 22 heavy (non-hydrogen) atoms. The standard InChI is InChI=1S/C10H15ClN6O4S/c1-10(3-13-17-12)6(19)5(18)4(7(20-2)21-10)14-9-15-8(11)16-22-9/h4-7,18-19H,3H2,1-2H3,(H,14,15,16)/t4-,5-,6-,7+,10-/m1/s1. The number of rotatable bonds is 5. The number of anilines is 1. The molecule has 0 saturated carbocycles. The molecule has 0 aliphatic carbocycles. The number of aliphatic hydroxyl groups excluding tert-OH is 2. The van der Waals surface area contributed by atoms with Crippen LogP contribution in [0, 0.1) is 0 Å². The van der Waals surface area contributed by atoms with Crippen LogP contribution >= 0.6 is 23.1 Å². The van der Waals surface area contributed by atoms with Gasteiger partial charge in [0.25, 0.3) is 0 Å². The summed E-state index contributed by atoms with van der Waals surface area (Å²) < 4.78 is 14.7. The van der Waals surface area contributed by atoms with Gasteiger partial charge in [0, 0.05) is 23.6 Å². The van der Waals surface area contributed by atoms with Crippen molar-refractivity contribution in [2.75, 3.05) is 19.0 Å². The smallest absolute Gasteiger partial charge is 0.236 e. The van der Waals surface area contributed by atoms with E-state index in [1.54, 1.807) is 0 Å². The molecule has 5 atom stereocenters. The highest BCUT2D eigenvalue weighted by molar-refractivity contribution is 7.09. The molecule has 10 nitrogen and oxygen atoms in total. The van der Waals surface area contributed by atoms with Gasteiger partial charge in [0.2, 0.25) is 10.4 Å². The van der Waals surface area contributed by atoms with Crippen molar-refractivity contribution in [3.63, 3.8) is 0 Å². The molecule has 1 fully saturated rings. The number of halogens is 1. The molecule has 0 bridgehead atoms. The summed E-state index contributed by atoms with van der Waals surface area (Å²) >= 11 is 6.64. The molecule has 2 rings (SSSR count). The molecule has 1 aromatic heterocycles. The van der Waals surface area contributed by atoms with Crippen molar-refractivity contribution in [2.45, 2.75) is 37.1 Å². The largest absolute Gasteiger partial charge is 0.388 e. The highest BCUT2D eigenvalue weighted by Gasteiger charge is 2.51. The van der Waals surface area contributed by atoms with E-state index >= 15 is 0 Å². The van der Waals surface area contributed by atoms with Crippen LogP contribution in [0.3, 0.4) is 0 Å². The van der Waals surface area contributed by atoms with Crippen LogP contribution in [-0.4, -0.2) is 63.4 Å². The summed E-state index contributed by atoms with van der Waals surface area (Å²) in [4.78, 5) is 6.55. The average molecular weight is 351 g/mol. The Morgan fingerprint density at radius 2 is 2.36 bits per heavy atom. The Hall–Kier alpha value is -1.20. The van der Waals surface area contributed by atoms with Gasteiger partial charge in [-0.15, -0.1) is 0 Å². The van der Waals surface area contributed by atoms with E-state index in [2.05, 4.69) is 24.7 Å². The monoisotopic (exact) mass is 350 g/mol. The average Bonchev–Trinajstić information content (AvgIpc) is 2.91. The minimum absolute atomic E-state index is 0.0708. The summed E-state index contributed by atoms with van der Waals surface area (Å²) in [6.07, 6.45) is -3.45. The van der Waals surface area contributed by atoms with E-state index < -0.39 is 30.1 Å². The molecule has 0 amide bonds. The normalized spacial score (nSPS) is 35.0. The summed E-state index contributed by atoms with van der Waals surface area (Å²) in [6, 6.07) is -0.803. The fourth-order valence-corrected chi connectivity index (χ4v) is 2.94. The van der Waals surface area contributed by atoms with Crippen LogP contribution in [0.25, 0.3) is 10.4 Å². The number of azide groups is 1. The third-order valence-corrected chi connectivity index (χ3v) is 4.28. The Bertz CT molecular complexity index is 567. The third kappa shape index (κ3) is 3.41. The molecule has 0 spiro atoms. The lowest BCUT2D eigenvalue weighted by atomic mass is 9.87. The SMILES string of the molecule is CO[C@H]1O[C@](C)(CN=[N+]=[N-])[C@H](O)[C@H](O)[C@H]1Nc1nc(Cl)ns1. The lowest BCUT2D eigenvalue weighted by Gasteiger charge is -2.47. The lowest BCUT2D eigenvalue weighted by molar-refractivity contribution is -0.283. The van der Waals surface area contributed by atoms with Crippen molar-refractivity contribution >= 4 is 28.3 Å². The Morgan fingerprint density at radius 1 is 1.64 bits per heavy atom. The molecule has 0 radical (unpaired) electrons. The van der Waals surface area contributed by atoms with Crippen molar-refractivity contribution in [3.8, 4) is 0 Å². The van der Waals surface area contributed by atoms with Crippen LogP contribution < -0.4 is 5.32 Å². The zero-order valence-corrected chi connectivity index (χ0v) is 13.3. The summed E-state index contributed by atoms with van der Waals surface area (Å²) in [5.41, 5.74) is 7.15. The van der Waals surface area contributed by atoms with Gasteiger partial charge in [0.15, 0.2) is 6.29 Å². The van der Waals surface area contributed by atoms with Crippen molar-refractivity contribution < 1.29 is 19.7 Å². The minimum atomic E-state index is -1.30. The van der Waals surface area contributed by atoms with Crippen LogP contribution in [0.5, 0.6) is 0 Å². The Labute approximate surface area is 134 Å². The van der Waals surface area contributed by atoms with E-state index in [1.165, 1.54) is 14.0 Å². The van der Waals surface area contributed by atoms with E-state index in [1.807, 2.05) is 0 Å². The van der Waals surface area contributed by atoms with Crippen LogP contribution in [0.15, 0.2) is 5.11 Å². The van der Waals surface area contributed by atoms with Crippen LogP contribution in [-0.2, 0) is 9.47 Å². The van der Waals surface area contributed by atoms with Gasteiger partial charge in [-0.25, -0.2) is 0 Å². The van der Waals surface area contributed by atoms with Crippen LogP contribution in [0.4, 0.5) is 5.13 Å². The highest BCUT2D eigenvalue weighted by atomic mass is 35.5. The number of hydrogen-bond donors (Lipinski definition) is 3. The van der Waals surface area contributed by atoms with Gasteiger partial charge in [-0.3, -0.25) is 0 Å². The van der Waals surface area contributed by atoms with Crippen molar-refractivity contribution in [1.82, 2.24) is 9.36 Å². The first-order valence-corrected chi connectivity index (χ1v) is 7.40. The second-order valence-electron chi connectivity index (χ2n) is 4.90. The number of nitrogens with one attached hydrogen (secondary N) is 1. The van der Waals surface area contributed by atoms with E-state index in [4.69, 9.17) is 26.6 Å². The van der Waals surface area contributed by atoms with Crippen LogP contribution in [0.1, 0.15) is 6.92 Å². The molecule has 1 saturated heterocycles. The van der Waals surface area contributed by atoms with Gasteiger partial charge >= 0.3 is 0 Å². The molecule has 1 aliphatic rings. The predicted molar refractivity (Wildman–Crippen MR) is 78.6 cm³/mol. The van der Waals surface area contributed by atoms with Gasteiger partial charge in [0.05, 0.1) is 6.54 Å². The lowest BCUT2D eigenvalue weighted by Crippen LogP contribution is -2.66. The fourth-order valence-electron chi connectivity index (χ4n) is 2.18. The predicted octanol–water partition coefficient (Wildman–Crippen LogP) is 0.765. The molecule has 2 heterocycles. The summed E-state index contributed by atoms with van der Waals surface area (Å²) in [5, 5.41) is 27.3. The quantitative estimate of drug-likeness (QED) is 0.403. The first-order valence-electron chi connectivity index (χ1n) is 6.24. The highest BCUT2D eigenvalue weighted by Crippen LogP contribution is 2.32. The van der Waals surface area contributed by atoms with Crippen LogP contribution in [0.2, 0.25) is 5.28 Å². The van der Waals surface area contributed by atoms with Gasteiger partial charge in [0.1, 0.15) is 23.9 Å². The number of methoxy groups -OCH3 is 1. The Kier molecular flexibility index (Phi) is 5.40. The van der Waals surface area contributed by atoms with Crippen molar-refractivity contribution in [3.05, 3.63) is 15.7 Å². The van der Waals surface area contributed by atoms with Gasteiger partial charge < -0.3 is 25.0 Å². The van der Waals surface area contributed by atoms with Gasteiger partial charge in [-0.1, -0.05) is 5.11 Å². The number of aromatic nitrogens is 2. The second-order valence-corrected chi connectivity index (χ2v) is 5.99. The summed E-state index contributed by atoms with van der Waals surface area (Å²) in [7, 11) is 1.39. The summed E-state index contributed by atoms with van der Waals surface area (Å²) in [6.45, 7) is 1.37. The molecule has 1 aliphatic heterocycles. The molecule has 0 unspecified atom stereocenters. The van der Waals surface area contributed by atoms with E-state index in [0.29, 0.717) is 5.13 Å². The van der Waals surface area contributed by atoms with Crippen molar-refractivity contribution in [2.24, 2.45) is 5.11 Å². The molecule has 122 valence electrons. The first kappa shape index (κ1) is 17.2. The van der Waals surface area contributed by atoms with Crippen molar-refractivity contribution in [1.29, 1.82) is 0 Å². The molecular weight excluding hydrogens is 336 g/mol. The Balaban J connectivity index is 2.20. The zero-order valence-electron chi connectivity index (χ0n) is 11.7. The Morgan fingerprint density at radius 3 is 2.91 bits per heavy atom. The number of aliphatic hydroxyl groups is 2. The number of hydrogen-bond acceptors (Lipinski definition) is 9. The third-order valence-electron chi connectivity index (χ3n) is 3.37. The topological polar surface area (TPSA) is 145 Å². The van der Waals surface area contributed by atoms with Gasteiger partial charge in [-0.05, 0) is 24.1 Å². The fraction of sp³-hybridized carbons (Fsp3) is 0.800. The number of ether oxygens (including phenoxy) is 2. The second kappa shape index (κ2) is 6.92. The maximum Gasteiger partial charge on any atom is 0.236 e. The molecule has 12 heteroatoms. The van der Waals surface area contributed by atoms with E-state index in [-0.39, 0.29) is 11.8 Å². The maximum absolute atomic E-state index is 10.4. The molecule has 1 aromatic rings. The minimum Gasteiger partial charge on any atom is -0.388 e. The van der Waals surface area contributed by atoms with Gasteiger partial charge in [-0.2, -0.15) is 9.36 Å². The summed E-state index contributed by atoms with van der Waals surface area (Å²) in [5.74, 6) is 0. The zero-order chi connectivity index (χ0) is 16.3. The molecule has 0 aromatic carbocycles. The van der Waals surface area contributed by atoms with E-state index in [0.717, 1.165) is 11.5 Å². The van der Waals surface area contributed by atoms with E-state index in [9.17, 15) is 10.2 Å². The molecule has 3 N–H and O–H groups in total. The molecular formula is C10H15ClN6O4S. The first-order chi connectivity index (χ1) is 10.4. The maximum atomic E-state index is 10.4. The number of nitrogens with zero attached hydrogens (tertiary/aromatic N) is 5.